The SMILES string of the molecule is C=C(/C=N\C)c1cc(C(=O)N2CCC(NCc3nc(Nc4cc(C(C)(C)C)nn4C)ncc3CC)CC2)ccc1N. The third-order valence-corrected chi connectivity index (χ3v) is 7.49. The van der Waals surface area contributed by atoms with Gasteiger partial charge in [0.2, 0.25) is 5.95 Å². The van der Waals surface area contributed by atoms with Gasteiger partial charge < -0.3 is 21.3 Å². The monoisotopic (exact) mass is 557 g/mol. The van der Waals surface area contributed by atoms with Crippen molar-refractivity contribution < 1.29 is 4.79 Å². The van der Waals surface area contributed by atoms with Crippen LogP contribution in [0.5, 0.6) is 0 Å². The minimum Gasteiger partial charge on any atom is -0.398 e. The van der Waals surface area contributed by atoms with Crippen LogP contribution in [0, 0.1) is 0 Å². The zero-order valence-electron chi connectivity index (χ0n) is 25.2. The predicted molar refractivity (Wildman–Crippen MR) is 167 cm³/mol. The third kappa shape index (κ3) is 7.18. The molecule has 218 valence electrons. The van der Waals surface area contributed by atoms with Gasteiger partial charge in [0.25, 0.3) is 5.91 Å². The molecule has 41 heavy (non-hydrogen) atoms. The van der Waals surface area contributed by atoms with Gasteiger partial charge in [0.05, 0.1) is 11.4 Å². The van der Waals surface area contributed by atoms with E-state index in [9.17, 15) is 4.79 Å². The topological polar surface area (TPSA) is 126 Å². The van der Waals surface area contributed by atoms with Crippen LogP contribution in [-0.2, 0) is 25.4 Å². The highest BCUT2D eigenvalue weighted by molar-refractivity contribution is 6.11. The number of carbonyl (C=O) groups is 1. The number of amides is 1. The normalized spacial score (nSPS) is 14.5. The Labute approximate surface area is 243 Å². The highest BCUT2D eigenvalue weighted by Crippen LogP contribution is 2.25. The fraction of sp³-hybridized carbons (Fsp3) is 0.452. The maximum atomic E-state index is 13.3. The number of aryl methyl sites for hydroxylation is 2. The Morgan fingerprint density at radius 1 is 1.24 bits per heavy atom. The highest BCUT2D eigenvalue weighted by Gasteiger charge is 2.25. The predicted octanol–water partition coefficient (Wildman–Crippen LogP) is 4.50. The smallest absolute Gasteiger partial charge is 0.253 e. The van der Waals surface area contributed by atoms with Crippen LogP contribution in [0.15, 0.2) is 42.0 Å². The van der Waals surface area contributed by atoms with E-state index in [1.54, 1.807) is 25.4 Å². The van der Waals surface area contributed by atoms with E-state index in [1.165, 1.54) is 0 Å². The fourth-order valence-corrected chi connectivity index (χ4v) is 4.92. The Kier molecular flexibility index (Phi) is 9.22. The molecule has 4 rings (SSSR count). The molecule has 0 saturated carbocycles. The van der Waals surface area contributed by atoms with Crippen molar-refractivity contribution in [2.45, 2.75) is 65.0 Å². The number of allylic oxidation sites excluding steroid dienone is 1. The van der Waals surface area contributed by atoms with Gasteiger partial charge >= 0.3 is 0 Å². The first-order valence-corrected chi connectivity index (χ1v) is 14.2. The maximum absolute atomic E-state index is 13.3. The standard InChI is InChI=1S/C31H43N9O/c1-8-21-18-35-30(37-28-16-27(31(3,4)5)38-39(28)7)36-26(21)19-34-23-11-13-40(14-12-23)29(41)22-9-10-25(32)24(15-22)20(2)17-33-6/h9-10,15-18,23,34H,2,8,11-14,19,32H2,1,3-7H3,(H,35,36,37)/b33-17-. The lowest BCUT2D eigenvalue weighted by molar-refractivity contribution is 0.0704. The fourth-order valence-electron chi connectivity index (χ4n) is 4.92. The van der Waals surface area contributed by atoms with Gasteiger partial charge in [0.15, 0.2) is 0 Å². The number of aromatic nitrogens is 4. The number of aliphatic imine (C=N–C) groups is 1. The molecular weight excluding hydrogens is 514 g/mol. The average Bonchev–Trinajstić information content (AvgIpc) is 3.32. The van der Waals surface area contributed by atoms with Gasteiger partial charge in [0, 0.05) is 80.5 Å². The number of nitrogens with two attached hydrogens (primary N) is 1. The van der Waals surface area contributed by atoms with Crippen molar-refractivity contribution in [1.82, 2.24) is 30.0 Å². The Hall–Kier alpha value is -4.05. The average molecular weight is 558 g/mol. The lowest BCUT2D eigenvalue weighted by Crippen LogP contribution is -2.44. The van der Waals surface area contributed by atoms with Crippen molar-refractivity contribution in [2.24, 2.45) is 12.0 Å². The quantitative estimate of drug-likeness (QED) is 0.261. The Bertz CT molecular complexity index is 1430. The number of likely N-dealkylation sites (tertiary alicyclic amines) is 1. The van der Waals surface area contributed by atoms with Crippen molar-refractivity contribution in [3.8, 4) is 0 Å². The first-order chi connectivity index (χ1) is 19.5. The van der Waals surface area contributed by atoms with E-state index >= 15 is 0 Å². The number of piperidine rings is 1. The summed E-state index contributed by atoms with van der Waals surface area (Å²) in [7, 11) is 3.60. The largest absolute Gasteiger partial charge is 0.398 e. The number of hydrogen-bond acceptors (Lipinski definition) is 8. The van der Waals surface area contributed by atoms with Crippen molar-refractivity contribution >= 4 is 35.1 Å². The number of hydrogen-bond donors (Lipinski definition) is 3. The van der Waals surface area contributed by atoms with Gasteiger partial charge in [-0.3, -0.25) is 14.5 Å². The van der Waals surface area contributed by atoms with E-state index in [2.05, 4.69) is 60.0 Å². The van der Waals surface area contributed by atoms with Crippen LogP contribution in [0.25, 0.3) is 5.57 Å². The number of nitrogens with one attached hydrogen (secondary N) is 2. The number of nitrogens with zero attached hydrogens (tertiary/aromatic N) is 6. The Balaban J connectivity index is 1.36. The summed E-state index contributed by atoms with van der Waals surface area (Å²) in [6.45, 7) is 14.6. The van der Waals surface area contributed by atoms with E-state index in [0.29, 0.717) is 48.4 Å². The van der Waals surface area contributed by atoms with Crippen LogP contribution < -0.4 is 16.4 Å². The Morgan fingerprint density at radius 2 is 1.98 bits per heavy atom. The summed E-state index contributed by atoms with van der Waals surface area (Å²) in [5.41, 5.74) is 11.8. The van der Waals surface area contributed by atoms with Crippen molar-refractivity contribution in [3.05, 3.63) is 65.1 Å². The molecule has 4 N–H and O–H groups in total. The van der Waals surface area contributed by atoms with Crippen LogP contribution in [-0.4, -0.2) is 62.9 Å². The van der Waals surface area contributed by atoms with Gasteiger partial charge in [-0.2, -0.15) is 5.10 Å². The molecule has 0 aliphatic carbocycles. The van der Waals surface area contributed by atoms with Gasteiger partial charge in [-0.1, -0.05) is 34.3 Å². The van der Waals surface area contributed by atoms with Crippen molar-refractivity contribution in [3.63, 3.8) is 0 Å². The first-order valence-electron chi connectivity index (χ1n) is 14.2. The molecule has 1 saturated heterocycles. The van der Waals surface area contributed by atoms with E-state index < -0.39 is 0 Å². The van der Waals surface area contributed by atoms with E-state index in [1.807, 2.05) is 35.0 Å². The summed E-state index contributed by atoms with van der Waals surface area (Å²) in [5.74, 6) is 1.42. The van der Waals surface area contributed by atoms with Gasteiger partial charge in [-0.05, 0) is 48.6 Å². The minimum atomic E-state index is -0.0447. The van der Waals surface area contributed by atoms with Crippen LogP contribution in [0.2, 0.25) is 0 Å². The van der Waals surface area contributed by atoms with Gasteiger partial charge in [0.1, 0.15) is 5.82 Å². The number of carbonyl (C=O) groups excluding carboxylic acids is 1. The molecule has 1 aromatic carbocycles. The maximum Gasteiger partial charge on any atom is 0.253 e. The molecule has 1 aliphatic rings. The molecule has 0 atom stereocenters. The molecule has 1 fully saturated rings. The lowest BCUT2D eigenvalue weighted by atomic mass is 9.92. The minimum absolute atomic E-state index is 0.00973. The molecule has 2 aromatic heterocycles. The summed E-state index contributed by atoms with van der Waals surface area (Å²) in [4.78, 5) is 28.6. The van der Waals surface area contributed by atoms with E-state index in [4.69, 9.17) is 10.7 Å². The van der Waals surface area contributed by atoms with Crippen LogP contribution in [0.1, 0.15) is 73.4 Å². The number of nitrogen functional groups attached to an aromatic ring is 1. The Morgan fingerprint density at radius 3 is 2.61 bits per heavy atom. The zero-order chi connectivity index (χ0) is 29.7. The molecule has 0 bridgehead atoms. The molecule has 3 heterocycles. The molecule has 1 aliphatic heterocycles. The molecule has 0 spiro atoms. The summed E-state index contributed by atoms with van der Waals surface area (Å²) >= 11 is 0. The second-order valence-corrected chi connectivity index (χ2v) is 11.6. The van der Waals surface area contributed by atoms with Crippen molar-refractivity contribution in [1.29, 1.82) is 0 Å². The van der Waals surface area contributed by atoms with Crippen LogP contribution in [0.3, 0.4) is 0 Å². The van der Waals surface area contributed by atoms with Crippen LogP contribution in [0.4, 0.5) is 17.5 Å². The van der Waals surface area contributed by atoms with Gasteiger partial charge in [-0.25, -0.2) is 9.97 Å². The molecule has 10 nitrogen and oxygen atoms in total. The molecular formula is C31H43N9O. The van der Waals surface area contributed by atoms with E-state index in [0.717, 1.165) is 47.6 Å². The molecule has 0 radical (unpaired) electrons. The number of benzene rings is 1. The number of rotatable bonds is 9. The lowest BCUT2D eigenvalue weighted by Gasteiger charge is -2.32. The van der Waals surface area contributed by atoms with Gasteiger partial charge in [-0.15, -0.1) is 0 Å². The first kappa shape index (κ1) is 29.9. The zero-order valence-corrected chi connectivity index (χ0v) is 25.2. The molecule has 0 unspecified atom stereocenters. The second-order valence-electron chi connectivity index (χ2n) is 11.6. The molecule has 10 heteroatoms. The van der Waals surface area contributed by atoms with E-state index in [-0.39, 0.29) is 11.3 Å². The summed E-state index contributed by atoms with van der Waals surface area (Å²) in [6.07, 6.45) is 6.14. The third-order valence-electron chi connectivity index (χ3n) is 7.49. The van der Waals surface area contributed by atoms with Crippen molar-refractivity contribution in [2.75, 3.05) is 31.2 Å². The summed E-state index contributed by atoms with van der Waals surface area (Å²) in [5, 5.41) is 11.6. The molecule has 3 aromatic rings. The second kappa shape index (κ2) is 12.6. The number of anilines is 3. The van der Waals surface area contributed by atoms with Crippen LogP contribution >= 0.6 is 0 Å². The summed E-state index contributed by atoms with van der Waals surface area (Å²) in [6, 6.07) is 7.70. The molecule has 1 amide bonds. The highest BCUT2D eigenvalue weighted by atomic mass is 16.2. The summed E-state index contributed by atoms with van der Waals surface area (Å²) < 4.78 is 1.83.